The number of piperidine rings is 1. The van der Waals surface area contributed by atoms with Gasteiger partial charge in [0.2, 0.25) is 5.82 Å². The topological polar surface area (TPSA) is 96.4 Å². The number of anilines is 2. The summed E-state index contributed by atoms with van der Waals surface area (Å²) in [5, 5.41) is 0. The van der Waals surface area contributed by atoms with Crippen molar-refractivity contribution in [3.63, 3.8) is 0 Å². The van der Waals surface area contributed by atoms with Crippen molar-refractivity contribution < 1.29 is 32.2 Å². The fraction of sp³-hybridized carbons (Fsp3) is 0.697. The van der Waals surface area contributed by atoms with Gasteiger partial charge in [-0.15, -0.1) is 0 Å². The van der Waals surface area contributed by atoms with Gasteiger partial charge in [-0.05, 0) is 70.6 Å². The summed E-state index contributed by atoms with van der Waals surface area (Å²) in [5.74, 6) is -0.339. The Labute approximate surface area is 274 Å². The van der Waals surface area contributed by atoms with Crippen LogP contribution >= 0.6 is 0 Å². The van der Waals surface area contributed by atoms with Gasteiger partial charge in [0.15, 0.2) is 5.60 Å². The number of rotatable bonds is 6. The predicted molar refractivity (Wildman–Crippen MR) is 170 cm³/mol. The highest BCUT2D eigenvalue weighted by Gasteiger charge is 2.46. The fourth-order valence-corrected chi connectivity index (χ4v) is 7.22. The second-order valence-corrected chi connectivity index (χ2v) is 14.2. The molecule has 0 N–H and O–H groups in total. The third-order valence-corrected chi connectivity index (χ3v) is 10.0. The summed E-state index contributed by atoms with van der Waals surface area (Å²) in [6, 6.07) is 3.80. The standard InChI is InChI=1S/C33H46F3N7O4/c1-21-7-10-37-28(32(45-6)19-46-20-32)27(21)23-8-11-41(12-9-23)25-17-26(39-29(38-25)33(34,35)36)43-18-24(22(43)2)40-13-15-42(16-14-40)30(44)47-31(3,4)5/h7,10,17,22-24H,8-9,11-16,18-20H2,1-6H3/t22-,24-/m1/s1. The molecule has 0 spiro atoms. The first-order valence-electron chi connectivity index (χ1n) is 16.5. The number of hydrogen-bond donors (Lipinski definition) is 0. The van der Waals surface area contributed by atoms with Gasteiger partial charge in [-0.25, -0.2) is 14.8 Å². The van der Waals surface area contributed by atoms with Gasteiger partial charge in [-0.1, -0.05) is 0 Å². The van der Waals surface area contributed by atoms with Crippen molar-refractivity contribution in [3.8, 4) is 0 Å². The van der Waals surface area contributed by atoms with E-state index in [-0.39, 0.29) is 29.9 Å². The number of aryl methyl sites for hydroxylation is 1. The maximum atomic E-state index is 14.1. The molecule has 4 aliphatic heterocycles. The highest BCUT2D eigenvalue weighted by Crippen LogP contribution is 2.42. The summed E-state index contributed by atoms with van der Waals surface area (Å²) in [6.07, 6.45) is -1.69. The zero-order chi connectivity index (χ0) is 33.7. The van der Waals surface area contributed by atoms with E-state index in [1.54, 1.807) is 24.3 Å². The molecule has 2 aromatic rings. The van der Waals surface area contributed by atoms with Gasteiger partial charge in [-0.3, -0.25) is 9.88 Å². The lowest BCUT2D eigenvalue weighted by atomic mass is 9.80. The van der Waals surface area contributed by atoms with E-state index in [0.717, 1.165) is 29.7 Å². The molecule has 0 radical (unpaired) electrons. The number of carbonyl (C=O) groups is 1. The SMILES string of the molecule is COC1(c2nccc(C)c2C2CCN(c3cc(N4C[C@@H](N5CCN(C(=O)OC(C)(C)C)CC5)[C@H]4C)nc(C(F)(F)F)n3)CC2)COC1. The van der Waals surface area contributed by atoms with Crippen LogP contribution in [0.15, 0.2) is 18.3 Å². The number of nitrogens with zero attached hydrogens (tertiary/aromatic N) is 7. The van der Waals surface area contributed by atoms with Gasteiger partial charge < -0.3 is 28.9 Å². The molecule has 0 saturated carbocycles. The number of methoxy groups -OCH3 is 1. The minimum atomic E-state index is -4.67. The summed E-state index contributed by atoms with van der Waals surface area (Å²) >= 11 is 0. The second kappa shape index (κ2) is 12.7. The van der Waals surface area contributed by atoms with Crippen LogP contribution in [0.3, 0.4) is 0 Å². The molecule has 1 amide bonds. The first-order valence-corrected chi connectivity index (χ1v) is 16.5. The molecular formula is C33H46F3N7O4. The average molecular weight is 662 g/mol. The van der Waals surface area contributed by atoms with Crippen LogP contribution in [0.1, 0.15) is 69.1 Å². The molecule has 258 valence electrons. The van der Waals surface area contributed by atoms with Crippen molar-refractivity contribution in [2.45, 2.75) is 82.8 Å². The summed E-state index contributed by atoms with van der Waals surface area (Å²) in [6.45, 7) is 14.6. The summed E-state index contributed by atoms with van der Waals surface area (Å²) < 4.78 is 59.1. The van der Waals surface area contributed by atoms with Gasteiger partial charge in [0, 0.05) is 77.3 Å². The van der Waals surface area contributed by atoms with Crippen LogP contribution in [0.2, 0.25) is 0 Å². The van der Waals surface area contributed by atoms with Crippen LogP contribution in [0.4, 0.5) is 29.6 Å². The maximum Gasteiger partial charge on any atom is 0.451 e. The average Bonchev–Trinajstić information content (AvgIpc) is 2.99. The molecule has 6 rings (SSSR count). The highest BCUT2D eigenvalue weighted by atomic mass is 19.4. The zero-order valence-corrected chi connectivity index (χ0v) is 28.1. The Morgan fingerprint density at radius 2 is 1.68 bits per heavy atom. The van der Waals surface area contributed by atoms with Crippen LogP contribution in [-0.2, 0) is 26.0 Å². The fourth-order valence-electron chi connectivity index (χ4n) is 7.22. The van der Waals surface area contributed by atoms with Crippen molar-refractivity contribution in [2.75, 3.05) is 75.9 Å². The Morgan fingerprint density at radius 1 is 1.02 bits per heavy atom. The number of hydrogen-bond acceptors (Lipinski definition) is 10. The van der Waals surface area contributed by atoms with E-state index >= 15 is 0 Å². The zero-order valence-electron chi connectivity index (χ0n) is 28.1. The molecule has 6 heterocycles. The van der Waals surface area contributed by atoms with Crippen LogP contribution in [0.5, 0.6) is 0 Å². The number of halogens is 3. The largest absolute Gasteiger partial charge is 0.451 e. The number of pyridine rings is 1. The molecule has 0 unspecified atom stereocenters. The van der Waals surface area contributed by atoms with Crippen LogP contribution in [-0.4, -0.2) is 115 Å². The van der Waals surface area contributed by atoms with Crippen LogP contribution in [0.25, 0.3) is 0 Å². The van der Waals surface area contributed by atoms with Gasteiger partial charge in [-0.2, -0.15) is 13.2 Å². The van der Waals surface area contributed by atoms with E-state index in [0.29, 0.717) is 64.8 Å². The second-order valence-electron chi connectivity index (χ2n) is 14.2. The van der Waals surface area contributed by atoms with E-state index < -0.39 is 23.2 Å². The van der Waals surface area contributed by atoms with E-state index in [1.807, 2.05) is 43.6 Å². The lowest BCUT2D eigenvalue weighted by molar-refractivity contribution is -0.205. The first kappa shape index (κ1) is 33.7. The van der Waals surface area contributed by atoms with Crippen molar-refractivity contribution in [2.24, 2.45) is 0 Å². The lowest BCUT2D eigenvalue weighted by Crippen LogP contribution is -2.68. The quantitative estimate of drug-likeness (QED) is 0.438. The molecule has 4 aliphatic rings. The summed E-state index contributed by atoms with van der Waals surface area (Å²) in [7, 11) is 1.68. The van der Waals surface area contributed by atoms with Crippen LogP contribution < -0.4 is 9.80 Å². The van der Waals surface area contributed by atoms with Gasteiger partial charge in [0.25, 0.3) is 0 Å². The van der Waals surface area contributed by atoms with Gasteiger partial charge in [0.05, 0.1) is 18.9 Å². The van der Waals surface area contributed by atoms with Crippen molar-refractivity contribution >= 4 is 17.7 Å². The maximum absolute atomic E-state index is 14.1. The molecule has 47 heavy (non-hydrogen) atoms. The van der Waals surface area contributed by atoms with Gasteiger partial charge >= 0.3 is 12.3 Å². The first-order chi connectivity index (χ1) is 22.2. The lowest BCUT2D eigenvalue weighted by Gasteiger charge is -2.53. The molecule has 2 atom stereocenters. The minimum Gasteiger partial charge on any atom is -0.444 e. The van der Waals surface area contributed by atoms with Crippen LogP contribution in [0, 0.1) is 6.92 Å². The minimum absolute atomic E-state index is 0.0479. The van der Waals surface area contributed by atoms with Crippen molar-refractivity contribution in [1.82, 2.24) is 24.8 Å². The Bertz CT molecular complexity index is 1440. The normalized spacial score (nSPS) is 24.1. The molecule has 0 bridgehead atoms. The number of amides is 1. The summed E-state index contributed by atoms with van der Waals surface area (Å²) in [5.41, 5.74) is 2.08. The smallest absolute Gasteiger partial charge is 0.444 e. The van der Waals surface area contributed by atoms with Crippen molar-refractivity contribution in [1.29, 1.82) is 0 Å². The Kier molecular flexibility index (Phi) is 9.07. The molecular weight excluding hydrogens is 615 g/mol. The number of aromatic nitrogens is 3. The number of alkyl halides is 3. The molecule has 11 nitrogen and oxygen atoms in total. The molecule has 0 aromatic carbocycles. The van der Waals surface area contributed by atoms with E-state index in [9.17, 15) is 18.0 Å². The van der Waals surface area contributed by atoms with E-state index in [2.05, 4.69) is 21.8 Å². The molecule has 2 aromatic heterocycles. The van der Waals surface area contributed by atoms with Crippen molar-refractivity contribution in [3.05, 3.63) is 41.0 Å². The summed E-state index contributed by atoms with van der Waals surface area (Å²) in [4.78, 5) is 33.1. The number of piperazine rings is 1. The number of carbonyl (C=O) groups excluding carboxylic acids is 1. The third-order valence-electron chi connectivity index (χ3n) is 10.0. The molecule has 14 heteroatoms. The van der Waals surface area contributed by atoms with E-state index in [1.165, 1.54) is 0 Å². The molecule has 4 saturated heterocycles. The Morgan fingerprint density at radius 3 is 2.23 bits per heavy atom. The Balaban J connectivity index is 1.13. The third kappa shape index (κ3) is 6.73. The number of ether oxygens (including phenoxy) is 3. The molecule has 0 aliphatic carbocycles. The van der Waals surface area contributed by atoms with Gasteiger partial charge in [0.1, 0.15) is 17.2 Å². The van der Waals surface area contributed by atoms with E-state index in [4.69, 9.17) is 19.2 Å². The highest BCUT2D eigenvalue weighted by molar-refractivity contribution is 5.68. The molecule has 4 fully saturated rings. The monoisotopic (exact) mass is 661 g/mol. The Hall–Kier alpha value is -3.23. The predicted octanol–water partition coefficient (Wildman–Crippen LogP) is 4.58.